The number of hydrogen-bond acceptors (Lipinski definition) is 2. The molecule has 0 aliphatic rings. The van der Waals surface area contributed by atoms with Crippen LogP contribution in [0.4, 0.5) is 0 Å². The third kappa shape index (κ3) is 2.81. The summed E-state index contributed by atoms with van der Waals surface area (Å²) in [6, 6.07) is 5.93. The van der Waals surface area contributed by atoms with Crippen LogP contribution in [0.2, 0.25) is 0 Å². The van der Waals surface area contributed by atoms with Crippen LogP contribution in [-0.4, -0.2) is 10.9 Å². The van der Waals surface area contributed by atoms with Crippen LogP contribution in [0.15, 0.2) is 18.2 Å². The van der Waals surface area contributed by atoms with Gasteiger partial charge in [-0.25, -0.2) is 0 Å². The van der Waals surface area contributed by atoms with Gasteiger partial charge in [0.2, 0.25) is 0 Å². The maximum atomic E-state index is 12.1. The van der Waals surface area contributed by atoms with E-state index in [4.69, 9.17) is 0 Å². The summed E-state index contributed by atoms with van der Waals surface area (Å²) in [5, 5.41) is 9.56. The van der Waals surface area contributed by atoms with Gasteiger partial charge in [0.1, 0.15) is 5.78 Å². The summed E-state index contributed by atoms with van der Waals surface area (Å²) in [5.74, 6) is 0.177. The Labute approximate surface area is 110 Å². The van der Waals surface area contributed by atoms with Gasteiger partial charge >= 0.3 is 0 Å². The number of unbranched alkanes of at least 4 members (excludes halogenated alkanes) is 1. The van der Waals surface area contributed by atoms with Crippen LogP contribution in [-0.2, 0) is 16.8 Å². The average molecular weight is 248 g/mol. The van der Waals surface area contributed by atoms with Gasteiger partial charge in [-0.1, -0.05) is 38.0 Å². The van der Waals surface area contributed by atoms with Gasteiger partial charge in [0.25, 0.3) is 0 Å². The fourth-order valence-corrected chi connectivity index (χ4v) is 2.46. The molecule has 0 bridgehead atoms. The van der Waals surface area contributed by atoms with Gasteiger partial charge in [-0.2, -0.15) is 0 Å². The predicted molar refractivity (Wildman–Crippen MR) is 74.7 cm³/mol. The fraction of sp³-hybridized carbons (Fsp3) is 0.562. The molecule has 0 aromatic heterocycles. The molecule has 1 N–H and O–H groups in total. The van der Waals surface area contributed by atoms with Crippen LogP contribution >= 0.6 is 0 Å². The van der Waals surface area contributed by atoms with Crippen molar-refractivity contribution in [3.8, 4) is 0 Å². The second-order valence-corrected chi connectivity index (χ2v) is 5.25. The SMILES string of the molecule is CCCCC(C)(C(C)=O)c1cccc(C)c1CO. The van der Waals surface area contributed by atoms with Crippen molar-refractivity contribution < 1.29 is 9.90 Å². The number of aliphatic hydroxyl groups is 1. The lowest BCUT2D eigenvalue weighted by Gasteiger charge is -2.30. The van der Waals surface area contributed by atoms with Crippen molar-refractivity contribution in [2.75, 3.05) is 0 Å². The summed E-state index contributed by atoms with van der Waals surface area (Å²) in [6.07, 6.45) is 2.94. The molecule has 1 rings (SSSR count). The van der Waals surface area contributed by atoms with Crippen molar-refractivity contribution in [3.63, 3.8) is 0 Å². The molecule has 0 amide bonds. The van der Waals surface area contributed by atoms with Gasteiger partial charge in [0.15, 0.2) is 0 Å². The first kappa shape index (κ1) is 14.9. The van der Waals surface area contributed by atoms with Gasteiger partial charge in [0.05, 0.1) is 12.0 Å². The van der Waals surface area contributed by atoms with Crippen molar-refractivity contribution >= 4 is 5.78 Å². The highest BCUT2D eigenvalue weighted by Crippen LogP contribution is 2.34. The first-order valence-corrected chi connectivity index (χ1v) is 6.68. The Morgan fingerprint density at radius 2 is 2.06 bits per heavy atom. The van der Waals surface area contributed by atoms with E-state index in [9.17, 15) is 9.90 Å². The van der Waals surface area contributed by atoms with Crippen molar-refractivity contribution in [3.05, 3.63) is 34.9 Å². The largest absolute Gasteiger partial charge is 0.392 e. The Morgan fingerprint density at radius 1 is 1.39 bits per heavy atom. The van der Waals surface area contributed by atoms with Gasteiger partial charge < -0.3 is 5.11 Å². The van der Waals surface area contributed by atoms with Crippen LogP contribution in [0.25, 0.3) is 0 Å². The Morgan fingerprint density at radius 3 is 2.56 bits per heavy atom. The summed E-state index contributed by atoms with van der Waals surface area (Å²) in [5.41, 5.74) is 2.48. The Hall–Kier alpha value is -1.15. The Balaban J connectivity index is 3.29. The van der Waals surface area contributed by atoms with Crippen molar-refractivity contribution in [1.82, 2.24) is 0 Å². The van der Waals surface area contributed by atoms with Crippen LogP contribution in [0.3, 0.4) is 0 Å². The van der Waals surface area contributed by atoms with Crippen molar-refractivity contribution in [1.29, 1.82) is 0 Å². The number of carbonyl (C=O) groups excluding carboxylic acids is 1. The average Bonchev–Trinajstić information content (AvgIpc) is 2.35. The highest BCUT2D eigenvalue weighted by Gasteiger charge is 2.33. The molecule has 0 aliphatic carbocycles. The summed E-state index contributed by atoms with van der Waals surface area (Å²) in [4.78, 5) is 12.1. The monoisotopic (exact) mass is 248 g/mol. The van der Waals surface area contributed by atoms with Gasteiger partial charge in [-0.3, -0.25) is 4.79 Å². The minimum atomic E-state index is -0.472. The van der Waals surface area contributed by atoms with Crippen molar-refractivity contribution in [2.45, 2.75) is 59.0 Å². The molecule has 100 valence electrons. The number of benzene rings is 1. The quantitative estimate of drug-likeness (QED) is 0.836. The predicted octanol–water partition coefficient (Wildman–Crippen LogP) is 3.52. The third-order valence-corrected chi connectivity index (χ3v) is 3.97. The van der Waals surface area contributed by atoms with Crippen LogP contribution < -0.4 is 0 Å². The zero-order chi connectivity index (χ0) is 13.8. The maximum absolute atomic E-state index is 12.1. The van der Waals surface area contributed by atoms with Gasteiger partial charge in [-0.15, -0.1) is 0 Å². The Kier molecular flexibility index (Phi) is 5.09. The highest BCUT2D eigenvalue weighted by molar-refractivity contribution is 5.88. The summed E-state index contributed by atoms with van der Waals surface area (Å²) < 4.78 is 0. The van der Waals surface area contributed by atoms with E-state index in [0.717, 1.165) is 36.0 Å². The summed E-state index contributed by atoms with van der Waals surface area (Å²) in [7, 11) is 0. The van der Waals surface area contributed by atoms with Crippen molar-refractivity contribution in [2.24, 2.45) is 0 Å². The van der Waals surface area contributed by atoms with E-state index in [0.29, 0.717) is 0 Å². The lowest BCUT2D eigenvalue weighted by atomic mass is 9.73. The van der Waals surface area contributed by atoms with Gasteiger partial charge in [0, 0.05) is 0 Å². The van der Waals surface area contributed by atoms with E-state index in [2.05, 4.69) is 6.92 Å². The molecule has 0 heterocycles. The van der Waals surface area contributed by atoms with Crippen LogP contribution in [0, 0.1) is 6.92 Å². The Bertz CT molecular complexity index is 423. The lowest BCUT2D eigenvalue weighted by Crippen LogP contribution is -2.32. The number of aliphatic hydroxyl groups excluding tert-OH is 1. The lowest BCUT2D eigenvalue weighted by molar-refractivity contribution is -0.122. The summed E-state index contributed by atoms with van der Waals surface area (Å²) >= 11 is 0. The minimum Gasteiger partial charge on any atom is -0.392 e. The van der Waals surface area contributed by atoms with Crippen LogP contribution in [0.5, 0.6) is 0 Å². The number of ketones is 1. The zero-order valence-corrected chi connectivity index (χ0v) is 11.9. The van der Waals surface area contributed by atoms with E-state index in [-0.39, 0.29) is 12.4 Å². The molecule has 0 saturated carbocycles. The molecule has 1 unspecified atom stereocenters. The minimum absolute atomic E-state index is 0.00297. The molecule has 0 radical (unpaired) electrons. The van der Waals surface area contributed by atoms with E-state index in [1.165, 1.54) is 0 Å². The van der Waals surface area contributed by atoms with E-state index >= 15 is 0 Å². The molecule has 0 aliphatic heterocycles. The number of aryl methyl sites for hydroxylation is 1. The van der Waals surface area contributed by atoms with E-state index in [1.54, 1.807) is 6.92 Å². The molecule has 18 heavy (non-hydrogen) atoms. The molecule has 0 saturated heterocycles. The smallest absolute Gasteiger partial charge is 0.140 e. The van der Waals surface area contributed by atoms with E-state index < -0.39 is 5.41 Å². The second-order valence-electron chi connectivity index (χ2n) is 5.25. The standard InChI is InChI=1S/C16H24O2/c1-5-6-10-16(4,13(3)18)15-9-7-8-12(2)14(15)11-17/h7-9,17H,5-6,10-11H2,1-4H3. The molecule has 0 spiro atoms. The summed E-state index contributed by atoms with van der Waals surface area (Å²) in [6.45, 7) is 7.76. The fourth-order valence-electron chi connectivity index (χ4n) is 2.46. The molecular formula is C16H24O2. The van der Waals surface area contributed by atoms with Crippen LogP contribution in [0.1, 0.15) is 56.7 Å². The topological polar surface area (TPSA) is 37.3 Å². The molecule has 1 aromatic carbocycles. The third-order valence-electron chi connectivity index (χ3n) is 3.97. The van der Waals surface area contributed by atoms with E-state index in [1.807, 2.05) is 32.0 Å². The second kappa shape index (κ2) is 6.14. The number of rotatable bonds is 6. The normalized spacial score (nSPS) is 14.3. The first-order valence-electron chi connectivity index (χ1n) is 6.68. The zero-order valence-electron chi connectivity index (χ0n) is 11.9. The molecule has 0 fully saturated rings. The number of Topliss-reactive ketones (excluding diaryl/α,β-unsaturated/α-hetero) is 1. The highest BCUT2D eigenvalue weighted by atomic mass is 16.3. The molecular weight excluding hydrogens is 224 g/mol. The maximum Gasteiger partial charge on any atom is 0.140 e. The molecule has 2 nitrogen and oxygen atoms in total. The van der Waals surface area contributed by atoms with Gasteiger partial charge in [-0.05, 0) is 43.9 Å². The molecule has 1 atom stereocenters. The number of carbonyl (C=O) groups is 1. The first-order chi connectivity index (χ1) is 8.47. The number of hydrogen-bond donors (Lipinski definition) is 1. The molecule has 1 aromatic rings. The molecule has 2 heteroatoms.